The lowest BCUT2D eigenvalue weighted by Gasteiger charge is -2.24. The maximum atomic E-state index is 13.6. The number of nitrogen functional groups attached to an aromatic ring is 1. The van der Waals surface area contributed by atoms with Gasteiger partial charge >= 0.3 is 5.69 Å². The van der Waals surface area contributed by atoms with Crippen molar-refractivity contribution in [2.24, 2.45) is 0 Å². The number of aliphatic hydroxyl groups excluding tert-OH is 1. The number of aliphatic hydroxyl groups is 1. The molecule has 8 nitrogen and oxygen atoms in total. The third-order valence-electron chi connectivity index (χ3n) is 3.51. The van der Waals surface area contributed by atoms with Crippen LogP contribution in [0.2, 0.25) is 0 Å². The van der Waals surface area contributed by atoms with Crippen LogP contribution in [-0.4, -0.2) is 45.4 Å². The van der Waals surface area contributed by atoms with Gasteiger partial charge in [0.2, 0.25) is 0 Å². The van der Waals surface area contributed by atoms with Gasteiger partial charge in [-0.1, -0.05) is 0 Å². The summed E-state index contributed by atoms with van der Waals surface area (Å²) >= 11 is 0. The second-order valence-electron chi connectivity index (χ2n) is 5.48. The van der Waals surface area contributed by atoms with Crippen LogP contribution in [0.4, 0.5) is 10.2 Å². The van der Waals surface area contributed by atoms with E-state index >= 15 is 0 Å². The number of hydrogen-bond donors (Lipinski definition) is 2. The molecule has 0 bridgehead atoms. The summed E-state index contributed by atoms with van der Waals surface area (Å²) < 4.78 is 31.4. The Hall–Kier alpha value is -1.55. The Morgan fingerprint density at radius 2 is 2.14 bits per heavy atom. The van der Waals surface area contributed by atoms with Gasteiger partial charge in [0.05, 0.1) is 12.8 Å². The van der Waals surface area contributed by atoms with E-state index in [1.54, 1.807) is 13.8 Å². The van der Waals surface area contributed by atoms with Crippen LogP contribution in [0.1, 0.15) is 20.1 Å². The summed E-state index contributed by atoms with van der Waals surface area (Å²) in [6.45, 7) is 3.11. The van der Waals surface area contributed by atoms with Crippen molar-refractivity contribution in [1.82, 2.24) is 9.55 Å². The van der Waals surface area contributed by atoms with Crippen molar-refractivity contribution in [3.05, 3.63) is 22.5 Å². The molecule has 21 heavy (non-hydrogen) atoms. The number of rotatable bonds is 2. The minimum Gasteiger partial charge on any atom is -0.394 e. The Bertz CT molecular complexity index is 619. The SMILES string of the molecule is CC1(C)OC2[C@H](O1)[C@H](CO)O[C@@H]2n1cc(F)c(N)nc1=O. The molecule has 116 valence electrons. The number of ether oxygens (including phenoxy) is 3. The quantitative estimate of drug-likeness (QED) is 0.749. The molecule has 0 aliphatic carbocycles. The lowest BCUT2D eigenvalue weighted by Crippen LogP contribution is -2.35. The highest BCUT2D eigenvalue weighted by atomic mass is 19.1. The summed E-state index contributed by atoms with van der Waals surface area (Å²) in [6, 6.07) is 0. The van der Waals surface area contributed by atoms with Crippen molar-refractivity contribution < 1.29 is 23.7 Å². The maximum Gasteiger partial charge on any atom is 0.351 e. The first-order valence-corrected chi connectivity index (χ1v) is 6.48. The summed E-state index contributed by atoms with van der Waals surface area (Å²) in [4.78, 5) is 15.3. The van der Waals surface area contributed by atoms with Crippen molar-refractivity contribution in [2.45, 2.75) is 44.2 Å². The summed E-state index contributed by atoms with van der Waals surface area (Å²) in [5.41, 5.74) is 4.50. The first-order valence-electron chi connectivity index (χ1n) is 6.48. The number of halogens is 1. The van der Waals surface area contributed by atoms with E-state index in [1.165, 1.54) is 0 Å². The van der Waals surface area contributed by atoms with Gasteiger partial charge in [-0.25, -0.2) is 9.18 Å². The van der Waals surface area contributed by atoms with Crippen LogP contribution < -0.4 is 11.4 Å². The van der Waals surface area contributed by atoms with E-state index in [9.17, 15) is 14.3 Å². The first kappa shape index (κ1) is 14.4. The average molecular weight is 301 g/mol. The Labute approximate surface area is 119 Å². The number of nitrogens with zero attached hydrogens (tertiary/aromatic N) is 2. The van der Waals surface area contributed by atoms with E-state index < -0.39 is 47.7 Å². The van der Waals surface area contributed by atoms with Gasteiger partial charge in [-0.05, 0) is 13.8 Å². The molecule has 2 aliphatic rings. The third-order valence-corrected chi connectivity index (χ3v) is 3.51. The predicted molar refractivity (Wildman–Crippen MR) is 67.7 cm³/mol. The Morgan fingerprint density at radius 1 is 1.48 bits per heavy atom. The van der Waals surface area contributed by atoms with Gasteiger partial charge in [0.15, 0.2) is 23.7 Å². The largest absolute Gasteiger partial charge is 0.394 e. The van der Waals surface area contributed by atoms with Crippen molar-refractivity contribution in [3.63, 3.8) is 0 Å². The molecule has 1 aromatic heterocycles. The van der Waals surface area contributed by atoms with Crippen LogP contribution in [0.15, 0.2) is 11.0 Å². The highest BCUT2D eigenvalue weighted by Gasteiger charge is 2.55. The zero-order chi connectivity index (χ0) is 15.4. The number of aromatic nitrogens is 2. The summed E-state index contributed by atoms with van der Waals surface area (Å²) in [5.74, 6) is -2.19. The van der Waals surface area contributed by atoms with Gasteiger partial charge in [-0.3, -0.25) is 4.57 Å². The molecule has 0 saturated carbocycles. The monoisotopic (exact) mass is 301 g/mol. The van der Waals surface area contributed by atoms with Crippen LogP contribution in [0.25, 0.3) is 0 Å². The van der Waals surface area contributed by atoms with Crippen LogP contribution in [-0.2, 0) is 14.2 Å². The lowest BCUT2D eigenvalue weighted by molar-refractivity contribution is -0.200. The zero-order valence-electron chi connectivity index (χ0n) is 11.5. The van der Waals surface area contributed by atoms with Crippen LogP contribution >= 0.6 is 0 Å². The van der Waals surface area contributed by atoms with E-state index in [1.807, 2.05) is 0 Å². The summed E-state index contributed by atoms with van der Waals surface area (Å²) in [7, 11) is 0. The molecule has 0 radical (unpaired) electrons. The standard InChI is InChI=1S/C12H16FN3O5/c1-12(2)20-7-6(4-17)19-10(8(7)21-12)16-3-5(13)9(14)15-11(16)18/h3,6-8,10,17H,4H2,1-2H3,(H2,14,15,18)/t6-,7+,8?,10-/m0/s1. The first-order chi connectivity index (χ1) is 9.82. The molecule has 2 fully saturated rings. The molecule has 9 heteroatoms. The van der Waals surface area contributed by atoms with Gasteiger partial charge < -0.3 is 25.1 Å². The topological polar surface area (TPSA) is 109 Å². The van der Waals surface area contributed by atoms with E-state index in [0.29, 0.717) is 0 Å². The molecule has 2 saturated heterocycles. The lowest BCUT2D eigenvalue weighted by atomic mass is 10.1. The smallest absolute Gasteiger partial charge is 0.351 e. The fraction of sp³-hybridized carbons (Fsp3) is 0.667. The maximum absolute atomic E-state index is 13.6. The number of hydrogen-bond acceptors (Lipinski definition) is 7. The summed E-state index contributed by atoms with van der Waals surface area (Å²) in [6.07, 6.45) is -1.90. The molecular formula is C12H16FN3O5. The predicted octanol–water partition coefficient (Wildman–Crippen LogP) is -0.626. The van der Waals surface area contributed by atoms with E-state index in [4.69, 9.17) is 19.9 Å². The highest BCUT2D eigenvalue weighted by Crippen LogP contribution is 2.42. The van der Waals surface area contributed by atoms with E-state index in [-0.39, 0.29) is 6.61 Å². The molecular weight excluding hydrogens is 285 g/mol. The minimum atomic E-state index is -0.941. The second kappa shape index (κ2) is 4.73. The zero-order valence-corrected chi connectivity index (χ0v) is 11.5. The third kappa shape index (κ3) is 2.31. The fourth-order valence-corrected chi connectivity index (χ4v) is 2.67. The number of fused-ring (bicyclic) bond motifs is 1. The number of nitrogens with two attached hydrogens (primary N) is 1. The Morgan fingerprint density at radius 3 is 2.81 bits per heavy atom. The normalized spacial score (nSPS) is 34.1. The second-order valence-corrected chi connectivity index (χ2v) is 5.48. The van der Waals surface area contributed by atoms with E-state index in [2.05, 4.69) is 4.98 Å². The molecule has 3 heterocycles. The van der Waals surface area contributed by atoms with Gasteiger partial charge in [-0.2, -0.15) is 4.98 Å². The molecule has 2 aliphatic heterocycles. The summed E-state index contributed by atoms with van der Waals surface area (Å²) in [5, 5.41) is 9.36. The molecule has 0 aromatic carbocycles. The fourth-order valence-electron chi connectivity index (χ4n) is 2.67. The van der Waals surface area contributed by atoms with E-state index in [0.717, 1.165) is 10.8 Å². The van der Waals surface area contributed by atoms with Crippen molar-refractivity contribution in [2.75, 3.05) is 12.3 Å². The van der Waals surface area contributed by atoms with Crippen molar-refractivity contribution in [3.8, 4) is 0 Å². The molecule has 3 rings (SSSR count). The average Bonchev–Trinajstić information content (AvgIpc) is 2.87. The van der Waals surface area contributed by atoms with Gasteiger partial charge in [0.25, 0.3) is 0 Å². The Kier molecular flexibility index (Phi) is 3.24. The van der Waals surface area contributed by atoms with Gasteiger partial charge in [0, 0.05) is 0 Å². The molecule has 4 atom stereocenters. The van der Waals surface area contributed by atoms with Gasteiger partial charge in [0.1, 0.15) is 18.3 Å². The van der Waals surface area contributed by atoms with Gasteiger partial charge in [-0.15, -0.1) is 0 Å². The molecule has 0 spiro atoms. The number of anilines is 1. The van der Waals surface area contributed by atoms with Crippen LogP contribution in [0, 0.1) is 5.82 Å². The molecule has 3 N–H and O–H groups in total. The molecule has 0 amide bonds. The van der Waals surface area contributed by atoms with Crippen LogP contribution in [0.3, 0.4) is 0 Å². The molecule has 1 unspecified atom stereocenters. The minimum absolute atomic E-state index is 0.309. The van der Waals surface area contributed by atoms with Crippen molar-refractivity contribution in [1.29, 1.82) is 0 Å². The van der Waals surface area contributed by atoms with Crippen LogP contribution in [0.5, 0.6) is 0 Å². The van der Waals surface area contributed by atoms with Crippen molar-refractivity contribution >= 4 is 5.82 Å². The molecule has 1 aromatic rings. The highest BCUT2D eigenvalue weighted by molar-refractivity contribution is 5.26. The Balaban J connectivity index is 1.99.